The number of hydrogen-bond donors (Lipinski definition) is 1. The molecule has 0 atom stereocenters. The number of halogens is 1. The first kappa shape index (κ1) is 16.8. The van der Waals surface area contributed by atoms with E-state index < -0.39 is 17.7 Å². The van der Waals surface area contributed by atoms with Crippen LogP contribution in [0.2, 0.25) is 0 Å². The molecule has 0 aromatic heterocycles. The van der Waals surface area contributed by atoms with Crippen molar-refractivity contribution >= 4 is 41.0 Å². The van der Waals surface area contributed by atoms with E-state index in [0.29, 0.717) is 11.1 Å². The molecule has 1 fully saturated rings. The van der Waals surface area contributed by atoms with Crippen LogP contribution in [0.4, 0.5) is 10.1 Å². The highest BCUT2D eigenvalue weighted by molar-refractivity contribution is 7.80. The number of carbonyl (C=O) groups is 2. The van der Waals surface area contributed by atoms with Crippen LogP contribution in [0.1, 0.15) is 15.9 Å². The van der Waals surface area contributed by atoms with Gasteiger partial charge in [-0.2, -0.15) is 0 Å². The van der Waals surface area contributed by atoms with Crippen molar-refractivity contribution in [1.29, 1.82) is 0 Å². The van der Waals surface area contributed by atoms with Gasteiger partial charge in [-0.05, 0) is 48.1 Å². The number of carbonyl (C=O) groups excluding carboxylic acids is 2. The van der Waals surface area contributed by atoms with E-state index in [0.717, 1.165) is 4.90 Å². The molecule has 2 aromatic carbocycles. The lowest BCUT2D eigenvalue weighted by Gasteiger charge is -2.14. The third-order valence-electron chi connectivity index (χ3n) is 3.61. The first-order chi connectivity index (χ1) is 12.0. The zero-order valence-electron chi connectivity index (χ0n) is 13.2. The summed E-state index contributed by atoms with van der Waals surface area (Å²) < 4.78 is 18.6. The zero-order valence-corrected chi connectivity index (χ0v) is 14.0. The molecule has 2 aromatic rings. The highest BCUT2D eigenvalue weighted by atomic mass is 32.1. The van der Waals surface area contributed by atoms with Crippen LogP contribution < -0.4 is 10.2 Å². The predicted molar refractivity (Wildman–Crippen MR) is 95.4 cm³/mol. The topological polar surface area (TPSA) is 58.6 Å². The summed E-state index contributed by atoms with van der Waals surface area (Å²) >= 11 is 5.15. The SMILES string of the molecule is COC(=O)c1ccc(/C=C2\NC(=S)N(c3ccccc3F)C2=O)cc1. The van der Waals surface area contributed by atoms with Gasteiger partial charge < -0.3 is 10.1 Å². The van der Waals surface area contributed by atoms with E-state index in [1.54, 1.807) is 36.4 Å². The Bertz CT molecular complexity index is 893. The number of anilines is 1. The molecule has 0 aliphatic carbocycles. The van der Waals surface area contributed by atoms with Crippen molar-refractivity contribution in [2.24, 2.45) is 0 Å². The number of benzene rings is 2. The average Bonchev–Trinajstić information content (AvgIpc) is 2.89. The third kappa shape index (κ3) is 3.27. The number of esters is 1. The lowest BCUT2D eigenvalue weighted by Crippen LogP contribution is -2.31. The van der Waals surface area contributed by atoms with E-state index in [-0.39, 0.29) is 16.5 Å². The highest BCUT2D eigenvalue weighted by Crippen LogP contribution is 2.25. The second kappa shape index (κ2) is 6.82. The number of methoxy groups -OCH3 is 1. The third-order valence-corrected chi connectivity index (χ3v) is 3.90. The van der Waals surface area contributed by atoms with Crippen molar-refractivity contribution in [3.05, 3.63) is 71.2 Å². The summed E-state index contributed by atoms with van der Waals surface area (Å²) in [5, 5.41) is 2.89. The Balaban J connectivity index is 1.88. The monoisotopic (exact) mass is 356 g/mol. The number of rotatable bonds is 3. The van der Waals surface area contributed by atoms with E-state index in [4.69, 9.17) is 12.2 Å². The molecule has 3 rings (SSSR count). The smallest absolute Gasteiger partial charge is 0.337 e. The van der Waals surface area contributed by atoms with Crippen LogP contribution in [0, 0.1) is 5.82 Å². The Morgan fingerprint density at radius 1 is 1.20 bits per heavy atom. The summed E-state index contributed by atoms with van der Waals surface area (Å²) in [7, 11) is 1.30. The van der Waals surface area contributed by atoms with Gasteiger partial charge in [0.25, 0.3) is 5.91 Å². The van der Waals surface area contributed by atoms with Crippen LogP contribution >= 0.6 is 12.2 Å². The molecule has 1 heterocycles. The van der Waals surface area contributed by atoms with Gasteiger partial charge in [0.1, 0.15) is 11.5 Å². The molecule has 0 spiro atoms. The Labute approximate surface area is 148 Å². The summed E-state index contributed by atoms with van der Waals surface area (Å²) in [4.78, 5) is 25.1. The summed E-state index contributed by atoms with van der Waals surface area (Å²) in [5.41, 5.74) is 1.40. The van der Waals surface area contributed by atoms with Gasteiger partial charge in [-0.15, -0.1) is 0 Å². The molecule has 0 unspecified atom stereocenters. The second-order valence-electron chi connectivity index (χ2n) is 5.19. The zero-order chi connectivity index (χ0) is 18.0. The molecule has 126 valence electrons. The second-order valence-corrected chi connectivity index (χ2v) is 5.58. The van der Waals surface area contributed by atoms with Crippen molar-refractivity contribution in [3.63, 3.8) is 0 Å². The molecule has 1 saturated heterocycles. The standard InChI is InChI=1S/C18H13FN2O3S/c1-24-17(23)12-8-6-11(7-9-12)10-14-16(22)21(18(25)20-14)15-5-3-2-4-13(15)19/h2-10H,1H3,(H,20,25)/b14-10-. The average molecular weight is 356 g/mol. The number of para-hydroxylation sites is 1. The molecular weight excluding hydrogens is 343 g/mol. The summed E-state index contributed by atoms with van der Waals surface area (Å²) in [5.74, 6) is -1.43. The van der Waals surface area contributed by atoms with E-state index in [1.165, 1.54) is 25.3 Å². The van der Waals surface area contributed by atoms with Gasteiger partial charge in [0.2, 0.25) is 0 Å². The number of nitrogens with one attached hydrogen (secondary N) is 1. The van der Waals surface area contributed by atoms with Crippen LogP contribution in [-0.2, 0) is 9.53 Å². The van der Waals surface area contributed by atoms with Crippen molar-refractivity contribution in [3.8, 4) is 0 Å². The van der Waals surface area contributed by atoms with Gasteiger partial charge in [-0.1, -0.05) is 24.3 Å². The number of hydrogen-bond acceptors (Lipinski definition) is 4. The highest BCUT2D eigenvalue weighted by Gasteiger charge is 2.33. The van der Waals surface area contributed by atoms with Gasteiger partial charge in [0.15, 0.2) is 5.11 Å². The maximum absolute atomic E-state index is 14.0. The van der Waals surface area contributed by atoms with Crippen LogP contribution in [0.3, 0.4) is 0 Å². The van der Waals surface area contributed by atoms with Gasteiger partial charge in [-0.25, -0.2) is 14.1 Å². The van der Waals surface area contributed by atoms with Gasteiger partial charge in [0.05, 0.1) is 18.4 Å². The molecule has 25 heavy (non-hydrogen) atoms. The molecular formula is C18H13FN2O3S. The minimum Gasteiger partial charge on any atom is -0.465 e. The van der Waals surface area contributed by atoms with E-state index >= 15 is 0 Å². The largest absolute Gasteiger partial charge is 0.465 e. The van der Waals surface area contributed by atoms with Gasteiger partial charge in [-0.3, -0.25) is 4.79 Å². The van der Waals surface area contributed by atoms with Crippen LogP contribution in [-0.4, -0.2) is 24.1 Å². The molecule has 1 amide bonds. The summed E-state index contributed by atoms with van der Waals surface area (Å²) in [6, 6.07) is 12.4. The Kier molecular flexibility index (Phi) is 4.58. The lowest BCUT2D eigenvalue weighted by molar-refractivity contribution is -0.113. The lowest BCUT2D eigenvalue weighted by atomic mass is 10.1. The van der Waals surface area contributed by atoms with Crippen LogP contribution in [0.5, 0.6) is 0 Å². The van der Waals surface area contributed by atoms with Crippen LogP contribution in [0.25, 0.3) is 6.08 Å². The molecule has 5 nitrogen and oxygen atoms in total. The van der Waals surface area contributed by atoms with E-state index in [9.17, 15) is 14.0 Å². The quantitative estimate of drug-likeness (QED) is 0.521. The summed E-state index contributed by atoms with van der Waals surface area (Å²) in [6.45, 7) is 0. The van der Waals surface area contributed by atoms with Gasteiger partial charge in [0, 0.05) is 0 Å². The van der Waals surface area contributed by atoms with Crippen molar-refractivity contribution in [2.45, 2.75) is 0 Å². The number of ether oxygens (including phenoxy) is 1. The maximum Gasteiger partial charge on any atom is 0.337 e. The fourth-order valence-electron chi connectivity index (χ4n) is 2.39. The molecule has 1 aliphatic heterocycles. The Morgan fingerprint density at radius 3 is 2.52 bits per heavy atom. The van der Waals surface area contributed by atoms with E-state index in [2.05, 4.69) is 10.1 Å². The normalized spacial score (nSPS) is 15.4. The fraction of sp³-hybridized carbons (Fsp3) is 0.0556. The molecule has 0 bridgehead atoms. The Morgan fingerprint density at radius 2 is 1.88 bits per heavy atom. The van der Waals surface area contributed by atoms with Gasteiger partial charge >= 0.3 is 5.97 Å². The minimum absolute atomic E-state index is 0.0921. The molecule has 0 saturated carbocycles. The molecule has 7 heteroatoms. The number of thiocarbonyl (C=S) groups is 1. The molecule has 0 radical (unpaired) electrons. The predicted octanol–water partition coefficient (Wildman–Crippen LogP) is 2.87. The van der Waals surface area contributed by atoms with E-state index in [1.807, 2.05) is 0 Å². The molecule has 1 aliphatic rings. The number of nitrogens with zero attached hydrogens (tertiary/aromatic N) is 1. The molecule has 1 N–H and O–H groups in total. The first-order valence-electron chi connectivity index (χ1n) is 7.31. The van der Waals surface area contributed by atoms with Crippen molar-refractivity contribution in [2.75, 3.05) is 12.0 Å². The minimum atomic E-state index is -0.538. The van der Waals surface area contributed by atoms with Crippen molar-refractivity contribution in [1.82, 2.24) is 5.32 Å². The summed E-state index contributed by atoms with van der Waals surface area (Å²) in [6.07, 6.45) is 1.58. The fourth-order valence-corrected chi connectivity index (χ4v) is 2.68. The Hall–Kier alpha value is -3.06. The first-order valence-corrected chi connectivity index (χ1v) is 7.72. The van der Waals surface area contributed by atoms with Crippen molar-refractivity contribution < 1.29 is 18.7 Å². The number of amides is 1. The maximum atomic E-state index is 14.0. The van der Waals surface area contributed by atoms with Crippen LogP contribution in [0.15, 0.2) is 54.2 Å².